The van der Waals surface area contributed by atoms with Gasteiger partial charge in [0.1, 0.15) is 5.75 Å². The number of thioether (sulfide) groups is 1. The number of alkyl halides is 3. The lowest BCUT2D eigenvalue weighted by Gasteiger charge is -2.11. The van der Waals surface area contributed by atoms with Crippen LogP contribution in [0.2, 0.25) is 0 Å². The van der Waals surface area contributed by atoms with Gasteiger partial charge >= 0.3 is 6.36 Å². The maximum atomic E-state index is 12.6. The van der Waals surface area contributed by atoms with E-state index >= 15 is 0 Å². The zero-order chi connectivity index (χ0) is 22.3. The smallest absolute Gasteiger partial charge is 0.406 e. The van der Waals surface area contributed by atoms with Crippen molar-refractivity contribution in [1.82, 2.24) is 30.3 Å². The molecule has 164 valence electrons. The van der Waals surface area contributed by atoms with E-state index in [2.05, 4.69) is 30.3 Å². The van der Waals surface area contributed by atoms with Crippen LogP contribution in [0.15, 0.2) is 47.9 Å². The number of rotatable bonds is 9. The van der Waals surface area contributed by atoms with E-state index < -0.39 is 6.36 Å². The normalized spacial score (nSPS) is 11.4. The number of carbonyl (C=O) groups is 1. The molecule has 0 atom stereocenters. The second-order valence-corrected chi connectivity index (χ2v) is 7.21. The van der Waals surface area contributed by atoms with E-state index in [1.54, 1.807) is 18.5 Å². The summed E-state index contributed by atoms with van der Waals surface area (Å²) in [5, 5.41) is 11.3. The minimum atomic E-state index is -4.78. The van der Waals surface area contributed by atoms with Gasteiger partial charge < -0.3 is 10.1 Å². The molecule has 0 aliphatic rings. The van der Waals surface area contributed by atoms with E-state index in [9.17, 15) is 18.0 Å². The van der Waals surface area contributed by atoms with Crippen molar-refractivity contribution < 1.29 is 22.7 Å². The van der Waals surface area contributed by atoms with Gasteiger partial charge in [-0.15, -0.1) is 18.3 Å². The Morgan fingerprint density at radius 1 is 1.19 bits per heavy atom. The third-order valence-electron chi connectivity index (χ3n) is 3.99. The lowest BCUT2D eigenvalue weighted by molar-refractivity contribution is -0.274. The molecular formula is C19H19F3N6O2S. The van der Waals surface area contributed by atoms with Gasteiger partial charge in [0.15, 0.2) is 10.9 Å². The summed E-state index contributed by atoms with van der Waals surface area (Å²) in [6.07, 6.45) is 0.164. The Balaban J connectivity index is 1.87. The van der Waals surface area contributed by atoms with Gasteiger partial charge in [-0.25, -0.2) is 14.6 Å². The molecule has 31 heavy (non-hydrogen) atoms. The fraction of sp³-hybridized carbons (Fsp3) is 0.316. The minimum absolute atomic E-state index is 0.134. The Kier molecular flexibility index (Phi) is 7.45. The molecule has 0 spiro atoms. The highest BCUT2D eigenvalue weighted by molar-refractivity contribution is 7.98. The molecule has 0 bridgehead atoms. The number of unbranched alkanes of at least 4 members (excludes halogenated alkanes) is 1. The summed E-state index contributed by atoms with van der Waals surface area (Å²) >= 11 is 1.28. The van der Waals surface area contributed by atoms with Crippen molar-refractivity contribution >= 4 is 17.7 Å². The molecule has 3 rings (SSSR count). The average molecular weight is 452 g/mol. The van der Waals surface area contributed by atoms with Gasteiger partial charge in [-0.05, 0) is 36.8 Å². The van der Waals surface area contributed by atoms with Crippen molar-refractivity contribution in [3.8, 4) is 11.4 Å². The standard InChI is InChI=1S/C19H19F3N6O2S/c1-2-3-9-23-17(29)16-15(12-31-18-24-10-4-11-25-18)28(27-26-16)13-5-7-14(8-6-13)30-19(20,21)22/h4-8,10-11H,2-3,9,12H2,1H3,(H,23,29). The van der Waals surface area contributed by atoms with Crippen LogP contribution in [0, 0.1) is 0 Å². The summed E-state index contributed by atoms with van der Waals surface area (Å²) in [5.41, 5.74) is 1.03. The van der Waals surface area contributed by atoms with Gasteiger partial charge in [0, 0.05) is 24.7 Å². The Bertz CT molecular complexity index is 996. The summed E-state index contributed by atoms with van der Waals surface area (Å²) in [6, 6.07) is 6.84. The van der Waals surface area contributed by atoms with Crippen molar-refractivity contribution in [3.05, 3.63) is 54.1 Å². The van der Waals surface area contributed by atoms with Crippen LogP contribution in [-0.2, 0) is 5.75 Å². The first-order valence-electron chi connectivity index (χ1n) is 9.36. The fourth-order valence-corrected chi connectivity index (χ4v) is 3.35. The lowest BCUT2D eigenvalue weighted by Crippen LogP contribution is -2.26. The van der Waals surface area contributed by atoms with Gasteiger partial charge in [0.2, 0.25) is 0 Å². The quantitative estimate of drug-likeness (QED) is 0.300. The summed E-state index contributed by atoms with van der Waals surface area (Å²) in [6.45, 7) is 2.51. The number of benzene rings is 1. The number of hydrogen-bond donors (Lipinski definition) is 1. The number of nitrogens with zero attached hydrogens (tertiary/aromatic N) is 5. The number of ether oxygens (including phenoxy) is 1. The molecule has 3 aromatic rings. The molecule has 0 fully saturated rings. The van der Waals surface area contributed by atoms with Crippen molar-refractivity contribution in [1.29, 1.82) is 0 Å². The third-order valence-corrected chi connectivity index (χ3v) is 4.88. The van der Waals surface area contributed by atoms with Crippen molar-refractivity contribution in [3.63, 3.8) is 0 Å². The maximum Gasteiger partial charge on any atom is 0.573 e. The molecule has 12 heteroatoms. The van der Waals surface area contributed by atoms with Gasteiger partial charge in [0.05, 0.1) is 11.4 Å². The average Bonchev–Trinajstić information content (AvgIpc) is 3.16. The second-order valence-electron chi connectivity index (χ2n) is 6.27. The highest BCUT2D eigenvalue weighted by Gasteiger charge is 2.31. The molecule has 0 unspecified atom stereocenters. The van der Waals surface area contributed by atoms with Crippen LogP contribution in [-0.4, -0.2) is 43.8 Å². The number of halogens is 3. The summed E-state index contributed by atoms with van der Waals surface area (Å²) in [4.78, 5) is 20.9. The number of hydrogen-bond acceptors (Lipinski definition) is 7. The largest absolute Gasteiger partial charge is 0.573 e. The molecule has 0 saturated heterocycles. The molecule has 1 amide bonds. The molecule has 0 saturated carbocycles. The summed E-state index contributed by atoms with van der Waals surface area (Å²) < 4.78 is 42.5. The Morgan fingerprint density at radius 2 is 1.90 bits per heavy atom. The van der Waals surface area contributed by atoms with Crippen LogP contribution in [0.1, 0.15) is 35.9 Å². The van der Waals surface area contributed by atoms with Gasteiger partial charge in [-0.1, -0.05) is 30.3 Å². The van der Waals surface area contributed by atoms with Crippen LogP contribution < -0.4 is 10.1 Å². The zero-order valence-electron chi connectivity index (χ0n) is 16.5. The van der Waals surface area contributed by atoms with E-state index in [1.807, 2.05) is 6.92 Å². The number of carbonyl (C=O) groups excluding carboxylic acids is 1. The minimum Gasteiger partial charge on any atom is -0.406 e. The van der Waals surface area contributed by atoms with E-state index in [0.717, 1.165) is 12.8 Å². The Hall–Kier alpha value is -3.15. The molecule has 0 aliphatic carbocycles. The van der Waals surface area contributed by atoms with E-state index in [1.165, 1.54) is 40.7 Å². The van der Waals surface area contributed by atoms with Crippen molar-refractivity contribution in [2.75, 3.05) is 6.54 Å². The Labute approximate surface area is 180 Å². The molecular weight excluding hydrogens is 433 g/mol. The van der Waals surface area contributed by atoms with Crippen molar-refractivity contribution in [2.45, 2.75) is 37.0 Å². The fourth-order valence-electron chi connectivity index (χ4n) is 2.56. The second kappa shape index (κ2) is 10.2. The van der Waals surface area contributed by atoms with Gasteiger partial charge in [0.25, 0.3) is 5.91 Å². The zero-order valence-corrected chi connectivity index (χ0v) is 17.3. The van der Waals surface area contributed by atoms with Gasteiger partial charge in [-0.3, -0.25) is 4.79 Å². The highest BCUT2D eigenvalue weighted by atomic mass is 32.2. The van der Waals surface area contributed by atoms with Crippen LogP contribution in [0.3, 0.4) is 0 Å². The maximum absolute atomic E-state index is 12.6. The first-order valence-corrected chi connectivity index (χ1v) is 10.3. The van der Waals surface area contributed by atoms with Crippen LogP contribution in [0.4, 0.5) is 13.2 Å². The molecule has 0 radical (unpaired) electrons. The predicted octanol–water partition coefficient (Wildman–Crippen LogP) is 3.78. The number of aromatic nitrogens is 5. The molecule has 1 aromatic carbocycles. The lowest BCUT2D eigenvalue weighted by atomic mass is 10.2. The molecule has 0 aliphatic heterocycles. The van der Waals surface area contributed by atoms with Crippen LogP contribution >= 0.6 is 11.8 Å². The van der Waals surface area contributed by atoms with Crippen LogP contribution in [0.5, 0.6) is 5.75 Å². The number of nitrogens with one attached hydrogen (secondary N) is 1. The Morgan fingerprint density at radius 3 is 2.55 bits per heavy atom. The third kappa shape index (κ3) is 6.41. The van der Waals surface area contributed by atoms with Crippen molar-refractivity contribution in [2.24, 2.45) is 0 Å². The SMILES string of the molecule is CCCCNC(=O)c1nnn(-c2ccc(OC(F)(F)F)cc2)c1CSc1ncccn1. The van der Waals surface area contributed by atoms with Crippen LogP contribution in [0.25, 0.3) is 5.69 Å². The highest BCUT2D eigenvalue weighted by Crippen LogP contribution is 2.26. The molecule has 2 aromatic heterocycles. The van der Waals surface area contributed by atoms with E-state index in [0.29, 0.717) is 23.1 Å². The van der Waals surface area contributed by atoms with Gasteiger partial charge in [-0.2, -0.15) is 0 Å². The topological polar surface area (TPSA) is 94.8 Å². The molecule has 8 nitrogen and oxygen atoms in total. The first kappa shape index (κ1) is 22.5. The molecule has 2 heterocycles. The summed E-state index contributed by atoms with van der Waals surface area (Å²) in [7, 11) is 0. The predicted molar refractivity (Wildman–Crippen MR) is 107 cm³/mol. The monoisotopic (exact) mass is 452 g/mol. The number of amides is 1. The molecule has 1 N–H and O–H groups in total. The van der Waals surface area contributed by atoms with E-state index in [4.69, 9.17) is 0 Å². The summed E-state index contributed by atoms with van der Waals surface area (Å²) in [5.74, 6) is -0.460. The van der Waals surface area contributed by atoms with E-state index in [-0.39, 0.29) is 23.1 Å². The first-order chi connectivity index (χ1) is 14.9.